The number of benzene rings is 2. The van der Waals surface area contributed by atoms with Gasteiger partial charge in [-0.15, -0.1) is 0 Å². The maximum atomic E-state index is 13.8. The molecule has 168 valence electrons. The average Bonchev–Trinajstić information content (AvgIpc) is 3.11. The third-order valence-electron chi connectivity index (χ3n) is 5.72. The Morgan fingerprint density at radius 2 is 1.94 bits per heavy atom. The Bertz CT molecular complexity index is 1160. The molecule has 1 aliphatic heterocycles. The minimum absolute atomic E-state index is 0.0645. The lowest BCUT2D eigenvalue weighted by molar-refractivity contribution is -0.146. The van der Waals surface area contributed by atoms with Crippen LogP contribution in [0.1, 0.15) is 24.0 Å². The number of piperidine rings is 1. The molecule has 1 aromatic heterocycles. The number of aromatic amines is 1. The monoisotopic (exact) mass is 445 g/mol. The molecule has 32 heavy (non-hydrogen) atoms. The van der Waals surface area contributed by atoms with Crippen LogP contribution in [0.4, 0.5) is 24.5 Å². The van der Waals surface area contributed by atoms with Crippen molar-refractivity contribution in [1.29, 1.82) is 0 Å². The van der Waals surface area contributed by atoms with E-state index in [1.165, 1.54) is 25.5 Å². The number of H-pyrrole nitrogens is 1. The number of para-hydroxylation sites is 1. The van der Waals surface area contributed by atoms with Crippen LogP contribution in [-0.2, 0) is 15.7 Å². The van der Waals surface area contributed by atoms with E-state index in [1.807, 2.05) is 6.07 Å². The Balaban J connectivity index is 1.61. The van der Waals surface area contributed by atoms with E-state index in [4.69, 9.17) is 4.74 Å². The highest BCUT2D eigenvalue weighted by atomic mass is 19.4. The lowest BCUT2D eigenvalue weighted by atomic mass is 9.96. The predicted molar refractivity (Wildman–Crippen MR) is 116 cm³/mol. The third-order valence-corrected chi connectivity index (χ3v) is 5.72. The SMILES string of the molecule is COC(=O)C1CCN(c2ccc(N=Cc3c(O)[nH]c4ccccc34)cc2C(F)(F)F)CC1. The van der Waals surface area contributed by atoms with Crippen LogP contribution in [0.3, 0.4) is 0 Å². The fourth-order valence-corrected chi connectivity index (χ4v) is 4.05. The number of halogens is 3. The number of esters is 1. The standard InChI is InChI=1S/C23H22F3N3O3/c1-32-22(31)14-8-10-29(11-9-14)20-7-6-15(12-18(20)23(24,25)26)27-13-17-16-4-2-3-5-19(16)28-21(17)30/h2-7,12-14,28,30H,8-11H2,1H3. The fourth-order valence-electron chi connectivity index (χ4n) is 4.05. The van der Waals surface area contributed by atoms with Gasteiger partial charge in [-0.2, -0.15) is 13.2 Å². The largest absolute Gasteiger partial charge is 0.494 e. The number of aliphatic imine (C=N–C) groups is 1. The minimum atomic E-state index is -4.57. The van der Waals surface area contributed by atoms with Gasteiger partial charge >= 0.3 is 12.1 Å². The zero-order chi connectivity index (χ0) is 22.9. The maximum absolute atomic E-state index is 13.8. The summed E-state index contributed by atoms with van der Waals surface area (Å²) in [6, 6.07) is 11.1. The molecule has 6 nitrogen and oxygen atoms in total. The summed E-state index contributed by atoms with van der Waals surface area (Å²) in [6.07, 6.45) is -2.35. The number of nitrogens with one attached hydrogen (secondary N) is 1. The molecule has 2 heterocycles. The van der Waals surface area contributed by atoms with E-state index in [0.29, 0.717) is 37.0 Å². The molecule has 0 aliphatic carbocycles. The van der Waals surface area contributed by atoms with E-state index in [1.54, 1.807) is 23.1 Å². The van der Waals surface area contributed by atoms with Crippen LogP contribution in [0, 0.1) is 5.92 Å². The molecular weight excluding hydrogens is 423 g/mol. The molecule has 2 aromatic carbocycles. The lowest BCUT2D eigenvalue weighted by Crippen LogP contribution is -2.37. The number of rotatable bonds is 4. The average molecular weight is 445 g/mol. The van der Waals surface area contributed by atoms with E-state index in [-0.39, 0.29) is 29.1 Å². The molecule has 0 radical (unpaired) electrons. The number of methoxy groups -OCH3 is 1. The normalized spacial score (nSPS) is 15.6. The predicted octanol–water partition coefficient (Wildman–Crippen LogP) is 5.03. The number of aromatic nitrogens is 1. The van der Waals surface area contributed by atoms with Gasteiger partial charge in [-0.1, -0.05) is 18.2 Å². The van der Waals surface area contributed by atoms with Gasteiger partial charge in [-0.05, 0) is 37.1 Å². The van der Waals surface area contributed by atoms with Gasteiger partial charge in [0.2, 0.25) is 0 Å². The second-order valence-electron chi connectivity index (χ2n) is 7.67. The number of anilines is 1. The summed E-state index contributed by atoms with van der Waals surface area (Å²) >= 11 is 0. The fraction of sp³-hybridized carbons (Fsp3) is 0.304. The van der Waals surface area contributed by atoms with Crippen molar-refractivity contribution in [3.8, 4) is 5.88 Å². The molecule has 0 spiro atoms. The molecule has 1 aliphatic rings. The van der Waals surface area contributed by atoms with Gasteiger partial charge in [0, 0.05) is 35.9 Å². The highest BCUT2D eigenvalue weighted by Gasteiger charge is 2.36. The summed E-state index contributed by atoms with van der Waals surface area (Å²) in [6.45, 7) is 0.656. The van der Waals surface area contributed by atoms with Crippen LogP contribution >= 0.6 is 0 Å². The zero-order valence-corrected chi connectivity index (χ0v) is 17.3. The molecule has 0 unspecified atom stereocenters. The molecule has 0 amide bonds. The molecule has 0 saturated carbocycles. The summed E-state index contributed by atoms with van der Waals surface area (Å²) in [5.41, 5.74) is 0.507. The number of aromatic hydroxyl groups is 1. The van der Waals surface area contributed by atoms with Gasteiger partial charge in [0.25, 0.3) is 0 Å². The number of nitrogens with zero attached hydrogens (tertiary/aromatic N) is 2. The van der Waals surface area contributed by atoms with Gasteiger partial charge in [0.05, 0.1) is 29.8 Å². The quantitative estimate of drug-likeness (QED) is 0.436. The van der Waals surface area contributed by atoms with Crippen LogP contribution in [0.5, 0.6) is 5.88 Å². The van der Waals surface area contributed by atoms with Gasteiger partial charge in [-0.3, -0.25) is 9.79 Å². The summed E-state index contributed by atoms with van der Waals surface area (Å²) in [7, 11) is 1.31. The number of carbonyl (C=O) groups excluding carboxylic acids is 1. The number of alkyl halides is 3. The Kier molecular flexibility index (Phi) is 5.82. The van der Waals surface area contributed by atoms with E-state index in [9.17, 15) is 23.1 Å². The van der Waals surface area contributed by atoms with Gasteiger partial charge in [-0.25, -0.2) is 0 Å². The van der Waals surface area contributed by atoms with Crippen LogP contribution in [0.15, 0.2) is 47.5 Å². The first-order valence-corrected chi connectivity index (χ1v) is 10.2. The topological polar surface area (TPSA) is 77.9 Å². The third kappa shape index (κ3) is 4.28. The Hall–Kier alpha value is -3.49. The number of hydrogen-bond donors (Lipinski definition) is 2. The number of carbonyl (C=O) groups is 1. The molecule has 1 saturated heterocycles. The molecule has 2 N–H and O–H groups in total. The van der Waals surface area contributed by atoms with Crippen LogP contribution < -0.4 is 4.90 Å². The zero-order valence-electron chi connectivity index (χ0n) is 17.3. The van der Waals surface area contributed by atoms with Crippen molar-refractivity contribution in [3.05, 3.63) is 53.6 Å². The van der Waals surface area contributed by atoms with Gasteiger partial charge < -0.3 is 19.7 Å². The number of hydrogen-bond acceptors (Lipinski definition) is 5. The molecule has 3 aromatic rings. The van der Waals surface area contributed by atoms with Crippen molar-refractivity contribution in [2.75, 3.05) is 25.1 Å². The molecular formula is C23H22F3N3O3. The van der Waals surface area contributed by atoms with Gasteiger partial charge in [0.15, 0.2) is 5.88 Å². The molecule has 0 bridgehead atoms. The highest BCUT2D eigenvalue weighted by molar-refractivity contribution is 6.02. The van der Waals surface area contributed by atoms with Crippen molar-refractivity contribution in [2.24, 2.45) is 10.9 Å². The second-order valence-corrected chi connectivity index (χ2v) is 7.67. The number of ether oxygens (including phenoxy) is 1. The molecule has 0 atom stereocenters. The number of fused-ring (bicyclic) bond motifs is 1. The Morgan fingerprint density at radius 3 is 2.62 bits per heavy atom. The highest BCUT2D eigenvalue weighted by Crippen LogP contribution is 2.40. The van der Waals surface area contributed by atoms with Crippen molar-refractivity contribution in [1.82, 2.24) is 4.98 Å². The van der Waals surface area contributed by atoms with Crippen LogP contribution in [0.2, 0.25) is 0 Å². The minimum Gasteiger partial charge on any atom is -0.494 e. The first-order chi connectivity index (χ1) is 15.3. The van der Waals surface area contributed by atoms with Crippen LogP contribution in [0.25, 0.3) is 10.9 Å². The lowest BCUT2D eigenvalue weighted by Gasteiger charge is -2.34. The van der Waals surface area contributed by atoms with Crippen molar-refractivity contribution < 1.29 is 27.8 Å². The summed E-state index contributed by atoms with van der Waals surface area (Å²) < 4.78 is 46.2. The van der Waals surface area contributed by atoms with Crippen LogP contribution in [-0.4, -0.2) is 42.5 Å². The van der Waals surface area contributed by atoms with E-state index in [0.717, 1.165) is 11.5 Å². The molecule has 9 heteroatoms. The summed E-state index contributed by atoms with van der Waals surface area (Å²) in [5.74, 6) is -0.722. The molecule has 4 rings (SSSR count). The molecule has 1 fully saturated rings. The smallest absolute Gasteiger partial charge is 0.418 e. The first-order valence-electron chi connectivity index (χ1n) is 10.2. The van der Waals surface area contributed by atoms with Crippen molar-refractivity contribution in [3.63, 3.8) is 0 Å². The Labute approximate surface area is 182 Å². The van der Waals surface area contributed by atoms with E-state index in [2.05, 4.69) is 9.98 Å². The van der Waals surface area contributed by atoms with Gasteiger partial charge in [0.1, 0.15) is 0 Å². The summed E-state index contributed by atoms with van der Waals surface area (Å²) in [4.78, 5) is 20.3. The van der Waals surface area contributed by atoms with E-state index >= 15 is 0 Å². The Morgan fingerprint density at radius 1 is 1.22 bits per heavy atom. The van der Waals surface area contributed by atoms with E-state index < -0.39 is 11.7 Å². The second kappa shape index (κ2) is 8.57. The van der Waals surface area contributed by atoms with Crippen molar-refractivity contribution in [2.45, 2.75) is 19.0 Å². The first kappa shape index (κ1) is 21.7. The summed E-state index contributed by atoms with van der Waals surface area (Å²) in [5, 5.41) is 10.8. The van der Waals surface area contributed by atoms with Crippen molar-refractivity contribution >= 4 is 34.5 Å². The maximum Gasteiger partial charge on any atom is 0.418 e.